The molecule has 4 heteroatoms. The fourth-order valence-electron chi connectivity index (χ4n) is 2.55. The fraction of sp³-hybridized carbons (Fsp3) is 0.625. The molecule has 0 heterocycles. The van der Waals surface area contributed by atoms with Crippen LogP contribution in [0.4, 0.5) is 4.39 Å². The molecule has 1 aromatic carbocycles. The molecule has 1 aromatic rings. The molecule has 1 aliphatic rings. The Morgan fingerprint density at radius 2 is 2.05 bits per heavy atom. The normalized spacial score (nSPS) is 16.8. The number of hydrogen-bond donors (Lipinski definition) is 1. The van der Waals surface area contributed by atoms with Crippen molar-refractivity contribution in [2.24, 2.45) is 11.7 Å². The van der Waals surface area contributed by atoms with Gasteiger partial charge >= 0.3 is 0 Å². The van der Waals surface area contributed by atoms with Gasteiger partial charge in [-0.1, -0.05) is 19.9 Å². The van der Waals surface area contributed by atoms with E-state index in [1.165, 1.54) is 26.0 Å². The van der Waals surface area contributed by atoms with E-state index in [4.69, 9.17) is 10.5 Å². The average molecular weight is 280 g/mol. The summed E-state index contributed by atoms with van der Waals surface area (Å²) in [7, 11) is 1.47. The first kappa shape index (κ1) is 15.3. The summed E-state index contributed by atoms with van der Waals surface area (Å²) in [4.78, 5) is 2.44. The van der Waals surface area contributed by atoms with E-state index in [2.05, 4.69) is 18.7 Å². The van der Waals surface area contributed by atoms with Gasteiger partial charge in [0.1, 0.15) is 0 Å². The monoisotopic (exact) mass is 280 g/mol. The molecule has 2 rings (SSSR count). The molecule has 3 nitrogen and oxygen atoms in total. The maximum Gasteiger partial charge on any atom is 0.165 e. The van der Waals surface area contributed by atoms with Gasteiger partial charge in [-0.3, -0.25) is 4.90 Å². The largest absolute Gasteiger partial charge is 0.494 e. The van der Waals surface area contributed by atoms with Crippen molar-refractivity contribution < 1.29 is 9.13 Å². The lowest BCUT2D eigenvalue weighted by molar-refractivity contribution is 0.221. The Hall–Kier alpha value is -1.13. The van der Waals surface area contributed by atoms with Crippen LogP contribution in [0.25, 0.3) is 0 Å². The molecule has 20 heavy (non-hydrogen) atoms. The van der Waals surface area contributed by atoms with Gasteiger partial charge in [-0.25, -0.2) is 4.39 Å². The van der Waals surface area contributed by atoms with Gasteiger partial charge in [0.2, 0.25) is 0 Å². The molecule has 112 valence electrons. The lowest BCUT2D eigenvalue weighted by atomic mass is 10.1. The van der Waals surface area contributed by atoms with Gasteiger partial charge in [-0.15, -0.1) is 0 Å². The fourth-order valence-corrected chi connectivity index (χ4v) is 2.55. The predicted molar refractivity (Wildman–Crippen MR) is 79.3 cm³/mol. The van der Waals surface area contributed by atoms with E-state index in [1.54, 1.807) is 6.07 Å². The molecule has 1 fully saturated rings. The maximum atomic E-state index is 13.7. The van der Waals surface area contributed by atoms with Crippen LogP contribution in [0.15, 0.2) is 18.2 Å². The highest BCUT2D eigenvalue weighted by Gasteiger charge is 2.30. The molecule has 1 atom stereocenters. The molecule has 0 bridgehead atoms. The van der Waals surface area contributed by atoms with Crippen LogP contribution in [-0.2, 0) is 0 Å². The van der Waals surface area contributed by atoms with Crippen LogP contribution in [0.3, 0.4) is 0 Å². The summed E-state index contributed by atoms with van der Waals surface area (Å²) in [5.41, 5.74) is 7.08. The van der Waals surface area contributed by atoms with E-state index in [0.717, 1.165) is 18.7 Å². The number of hydrogen-bond acceptors (Lipinski definition) is 3. The third kappa shape index (κ3) is 3.93. The summed E-state index contributed by atoms with van der Waals surface area (Å²) in [6, 6.07) is 5.51. The van der Waals surface area contributed by atoms with Crippen LogP contribution in [0.5, 0.6) is 5.75 Å². The van der Waals surface area contributed by atoms with Gasteiger partial charge in [0.05, 0.1) is 7.11 Å². The summed E-state index contributed by atoms with van der Waals surface area (Å²) < 4.78 is 18.7. The highest BCUT2D eigenvalue weighted by atomic mass is 19.1. The van der Waals surface area contributed by atoms with Crippen molar-refractivity contribution in [3.63, 3.8) is 0 Å². The topological polar surface area (TPSA) is 38.5 Å². The molecule has 1 unspecified atom stereocenters. The van der Waals surface area contributed by atoms with Crippen LogP contribution >= 0.6 is 0 Å². The van der Waals surface area contributed by atoms with Gasteiger partial charge in [-0.2, -0.15) is 0 Å². The van der Waals surface area contributed by atoms with Crippen molar-refractivity contribution in [1.29, 1.82) is 0 Å². The van der Waals surface area contributed by atoms with Crippen molar-refractivity contribution in [2.75, 3.05) is 20.2 Å². The van der Waals surface area contributed by atoms with Gasteiger partial charge < -0.3 is 10.5 Å². The zero-order valence-corrected chi connectivity index (χ0v) is 12.6. The minimum Gasteiger partial charge on any atom is -0.494 e. The average Bonchev–Trinajstić information content (AvgIpc) is 3.21. The highest BCUT2D eigenvalue weighted by Crippen LogP contribution is 2.29. The van der Waals surface area contributed by atoms with Gasteiger partial charge in [-0.05, 0) is 36.5 Å². The van der Waals surface area contributed by atoms with Crippen molar-refractivity contribution in [1.82, 2.24) is 4.90 Å². The molecule has 0 spiro atoms. The standard InChI is InChI=1S/C16H25FN2O/c1-11(2)9-19(13-5-6-13)10-15(18)12-4-7-16(20-3)14(17)8-12/h4,7-8,11,13,15H,5-6,9-10,18H2,1-3H3. The van der Waals surface area contributed by atoms with Crippen LogP contribution in [0.1, 0.15) is 38.3 Å². The van der Waals surface area contributed by atoms with E-state index < -0.39 is 0 Å². The highest BCUT2D eigenvalue weighted by molar-refractivity contribution is 5.31. The smallest absolute Gasteiger partial charge is 0.165 e. The third-order valence-corrected chi connectivity index (χ3v) is 3.70. The Balaban J connectivity index is 2.02. The first-order valence-electron chi connectivity index (χ1n) is 7.34. The molecular weight excluding hydrogens is 255 g/mol. The molecule has 0 radical (unpaired) electrons. The van der Waals surface area contributed by atoms with Gasteiger partial charge in [0.25, 0.3) is 0 Å². The Kier molecular flexibility index (Phi) is 5.00. The van der Waals surface area contributed by atoms with Crippen molar-refractivity contribution in [2.45, 2.75) is 38.8 Å². The number of benzene rings is 1. The minimum absolute atomic E-state index is 0.158. The molecule has 1 saturated carbocycles. The number of methoxy groups -OCH3 is 1. The summed E-state index contributed by atoms with van der Waals surface area (Å²) in [5.74, 6) is 0.542. The van der Waals surface area contributed by atoms with Gasteiger partial charge in [0, 0.05) is 25.2 Å². The molecule has 2 N–H and O–H groups in total. The number of halogens is 1. The number of ether oxygens (including phenoxy) is 1. The lowest BCUT2D eigenvalue weighted by Gasteiger charge is -2.27. The minimum atomic E-state index is -0.345. The quantitative estimate of drug-likeness (QED) is 0.834. The van der Waals surface area contributed by atoms with E-state index in [0.29, 0.717) is 12.0 Å². The van der Waals surface area contributed by atoms with Crippen LogP contribution < -0.4 is 10.5 Å². The van der Waals surface area contributed by atoms with E-state index in [9.17, 15) is 4.39 Å². The molecular formula is C16H25FN2O. The molecule has 0 aromatic heterocycles. The predicted octanol–water partition coefficient (Wildman–Crippen LogP) is 2.95. The van der Waals surface area contributed by atoms with Crippen LogP contribution in [0, 0.1) is 11.7 Å². The van der Waals surface area contributed by atoms with E-state index in [1.807, 2.05) is 6.07 Å². The summed E-state index contributed by atoms with van der Waals surface area (Å²) in [6.45, 7) is 6.27. The number of nitrogens with two attached hydrogens (primary N) is 1. The Labute approximate surface area is 120 Å². The first-order valence-corrected chi connectivity index (χ1v) is 7.34. The number of rotatable bonds is 7. The molecule has 1 aliphatic carbocycles. The van der Waals surface area contributed by atoms with E-state index in [-0.39, 0.29) is 17.6 Å². The van der Waals surface area contributed by atoms with Crippen LogP contribution in [0.2, 0.25) is 0 Å². The zero-order chi connectivity index (χ0) is 14.7. The Morgan fingerprint density at radius 3 is 2.55 bits per heavy atom. The second-order valence-corrected chi connectivity index (χ2v) is 6.08. The SMILES string of the molecule is COc1ccc(C(N)CN(CC(C)C)C2CC2)cc1F. The third-order valence-electron chi connectivity index (χ3n) is 3.70. The summed E-state index contributed by atoms with van der Waals surface area (Å²) >= 11 is 0. The lowest BCUT2D eigenvalue weighted by Crippen LogP contribution is -2.36. The van der Waals surface area contributed by atoms with Crippen molar-refractivity contribution >= 4 is 0 Å². The summed E-state index contributed by atoms with van der Waals surface area (Å²) in [5, 5.41) is 0. The first-order chi connectivity index (χ1) is 9.51. The van der Waals surface area contributed by atoms with Crippen molar-refractivity contribution in [3.05, 3.63) is 29.6 Å². The van der Waals surface area contributed by atoms with Crippen molar-refractivity contribution in [3.8, 4) is 5.75 Å². The zero-order valence-electron chi connectivity index (χ0n) is 12.6. The van der Waals surface area contributed by atoms with Gasteiger partial charge in [0.15, 0.2) is 11.6 Å². The number of nitrogens with zero attached hydrogens (tertiary/aromatic N) is 1. The molecule has 0 saturated heterocycles. The second kappa shape index (κ2) is 6.55. The Morgan fingerprint density at radius 1 is 1.35 bits per heavy atom. The second-order valence-electron chi connectivity index (χ2n) is 6.08. The summed E-state index contributed by atoms with van der Waals surface area (Å²) in [6.07, 6.45) is 2.52. The van der Waals surface area contributed by atoms with Crippen LogP contribution in [-0.4, -0.2) is 31.1 Å². The Bertz CT molecular complexity index is 446. The molecule has 0 amide bonds. The maximum absolute atomic E-state index is 13.7. The molecule has 0 aliphatic heterocycles. The van der Waals surface area contributed by atoms with E-state index >= 15 is 0 Å².